The van der Waals surface area contributed by atoms with E-state index < -0.39 is 23.6 Å². The Morgan fingerprint density at radius 1 is 1.33 bits per heavy atom. The van der Waals surface area contributed by atoms with Crippen LogP contribution in [0.5, 0.6) is 0 Å². The molecule has 1 atom stereocenters. The summed E-state index contributed by atoms with van der Waals surface area (Å²) >= 11 is 5.47. The second-order valence-electron chi connectivity index (χ2n) is 6.58. The van der Waals surface area contributed by atoms with E-state index in [0.29, 0.717) is 28.5 Å². The van der Waals surface area contributed by atoms with Crippen LogP contribution in [0.4, 0.5) is 8.78 Å². The number of rotatable bonds is 7. The fourth-order valence-corrected chi connectivity index (χ4v) is 3.36. The van der Waals surface area contributed by atoms with Crippen LogP contribution in [0.2, 0.25) is 0 Å². The first-order chi connectivity index (χ1) is 12.8. The van der Waals surface area contributed by atoms with Crippen molar-refractivity contribution in [2.24, 2.45) is 0 Å². The van der Waals surface area contributed by atoms with E-state index >= 15 is 0 Å². The molecule has 1 heterocycles. The third-order valence-electron chi connectivity index (χ3n) is 4.36. The highest BCUT2D eigenvalue weighted by atomic mass is 32.1. The van der Waals surface area contributed by atoms with Gasteiger partial charge in [-0.1, -0.05) is 6.07 Å². The van der Waals surface area contributed by atoms with Crippen molar-refractivity contribution in [1.82, 2.24) is 15.1 Å². The minimum Gasteiger partial charge on any atom is -0.463 e. The van der Waals surface area contributed by atoms with Crippen LogP contribution in [-0.4, -0.2) is 54.7 Å². The van der Waals surface area contributed by atoms with E-state index in [1.54, 1.807) is 13.8 Å². The molecule has 2 rings (SSSR count). The standard InChI is InChI=1S/C19H25F2N3O2S/c1-5-26-18(25)16-12(2)24(10-6-9-23(3)4)19(27)22-17(16)13-7-8-14(20)15(21)11-13/h7-8,11,17H,5-6,9-10H2,1-4H3,(H,22,27)/t17-/m0/s1. The molecule has 1 aliphatic heterocycles. The van der Waals surface area contributed by atoms with Gasteiger partial charge in [0.25, 0.3) is 0 Å². The molecule has 0 saturated heterocycles. The van der Waals surface area contributed by atoms with Crippen molar-refractivity contribution in [1.29, 1.82) is 0 Å². The van der Waals surface area contributed by atoms with Gasteiger partial charge < -0.3 is 19.9 Å². The number of carbonyl (C=O) groups excluding carboxylic acids is 1. The number of thiocarbonyl (C=S) groups is 1. The first-order valence-electron chi connectivity index (χ1n) is 8.81. The number of esters is 1. The summed E-state index contributed by atoms with van der Waals surface area (Å²) in [5.74, 6) is -2.42. The van der Waals surface area contributed by atoms with E-state index in [2.05, 4.69) is 10.2 Å². The van der Waals surface area contributed by atoms with Gasteiger partial charge in [0.1, 0.15) is 0 Å². The molecule has 5 nitrogen and oxygen atoms in total. The SMILES string of the molecule is CCOC(=O)C1=C(C)N(CCCN(C)C)C(=S)N[C@H]1c1ccc(F)c(F)c1. The molecule has 0 radical (unpaired) electrons. The molecule has 8 heteroatoms. The largest absolute Gasteiger partial charge is 0.463 e. The molecule has 27 heavy (non-hydrogen) atoms. The summed E-state index contributed by atoms with van der Waals surface area (Å²) in [5, 5.41) is 3.52. The fourth-order valence-electron chi connectivity index (χ4n) is 3.01. The third-order valence-corrected chi connectivity index (χ3v) is 4.69. The molecule has 1 aliphatic rings. The number of nitrogens with one attached hydrogen (secondary N) is 1. The van der Waals surface area contributed by atoms with Crippen molar-refractivity contribution < 1.29 is 18.3 Å². The van der Waals surface area contributed by atoms with Crippen LogP contribution in [0.15, 0.2) is 29.5 Å². The summed E-state index contributed by atoms with van der Waals surface area (Å²) in [7, 11) is 3.97. The maximum Gasteiger partial charge on any atom is 0.338 e. The van der Waals surface area contributed by atoms with E-state index in [4.69, 9.17) is 17.0 Å². The maximum atomic E-state index is 13.7. The van der Waals surface area contributed by atoms with Crippen LogP contribution in [0.1, 0.15) is 31.9 Å². The Balaban J connectivity index is 2.41. The molecule has 1 aromatic carbocycles. The molecule has 0 aromatic heterocycles. The molecule has 0 amide bonds. The fraction of sp³-hybridized carbons (Fsp3) is 0.474. The van der Waals surface area contributed by atoms with Crippen LogP contribution < -0.4 is 5.32 Å². The smallest absolute Gasteiger partial charge is 0.338 e. The second-order valence-corrected chi connectivity index (χ2v) is 6.97. The molecule has 0 unspecified atom stereocenters. The highest BCUT2D eigenvalue weighted by Gasteiger charge is 2.34. The van der Waals surface area contributed by atoms with Gasteiger partial charge in [-0.2, -0.15) is 0 Å². The molecule has 0 saturated carbocycles. The van der Waals surface area contributed by atoms with Crippen LogP contribution in [-0.2, 0) is 9.53 Å². The van der Waals surface area contributed by atoms with Gasteiger partial charge in [0, 0.05) is 12.2 Å². The van der Waals surface area contributed by atoms with Crippen molar-refractivity contribution in [3.05, 3.63) is 46.7 Å². The van der Waals surface area contributed by atoms with Gasteiger partial charge in [-0.05, 0) is 70.8 Å². The summed E-state index contributed by atoms with van der Waals surface area (Å²) in [5.41, 5.74) is 1.42. The molecule has 0 aliphatic carbocycles. The third kappa shape index (κ3) is 5.01. The predicted octanol–water partition coefficient (Wildman–Crippen LogP) is 2.98. The van der Waals surface area contributed by atoms with E-state index in [9.17, 15) is 13.6 Å². The lowest BCUT2D eigenvalue weighted by molar-refractivity contribution is -0.139. The molecular formula is C19H25F2N3O2S. The summed E-state index contributed by atoms with van der Waals surface area (Å²) in [6.45, 7) is 5.22. The zero-order chi connectivity index (χ0) is 20.1. The highest BCUT2D eigenvalue weighted by molar-refractivity contribution is 7.80. The van der Waals surface area contributed by atoms with E-state index in [-0.39, 0.29) is 6.61 Å². The summed E-state index contributed by atoms with van der Waals surface area (Å²) in [6.07, 6.45) is 0.845. The van der Waals surface area contributed by atoms with Crippen molar-refractivity contribution >= 4 is 23.3 Å². The second kappa shape index (κ2) is 9.23. The van der Waals surface area contributed by atoms with Crippen LogP contribution >= 0.6 is 12.2 Å². The van der Waals surface area contributed by atoms with Crippen LogP contribution in [0, 0.1) is 11.6 Å². The van der Waals surface area contributed by atoms with Crippen LogP contribution in [0.25, 0.3) is 0 Å². The lowest BCUT2D eigenvalue weighted by atomic mass is 9.94. The summed E-state index contributed by atoms with van der Waals surface area (Å²) in [4.78, 5) is 16.5. The number of halogens is 2. The van der Waals surface area contributed by atoms with E-state index in [1.165, 1.54) is 6.07 Å². The van der Waals surface area contributed by atoms with Crippen molar-refractivity contribution in [2.75, 3.05) is 33.8 Å². The number of hydrogen-bond acceptors (Lipinski definition) is 4. The average molecular weight is 397 g/mol. The van der Waals surface area contributed by atoms with Gasteiger partial charge >= 0.3 is 5.97 Å². The van der Waals surface area contributed by atoms with Gasteiger partial charge in [0.05, 0.1) is 18.2 Å². The molecule has 1 aromatic rings. The van der Waals surface area contributed by atoms with Gasteiger partial charge in [0.15, 0.2) is 16.7 Å². The minimum absolute atomic E-state index is 0.213. The number of ether oxygens (including phenoxy) is 1. The van der Waals surface area contributed by atoms with Crippen molar-refractivity contribution in [3.8, 4) is 0 Å². The Morgan fingerprint density at radius 2 is 2.04 bits per heavy atom. The lowest BCUT2D eigenvalue weighted by Gasteiger charge is -2.37. The summed E-state index contributed by atoms with van der Waals surface area (Å²) in [6, 6.07) is 2.85. The zero-order valence-electron chi connectivity index (χ0n) is 16.0. The predicted molar refractivity (Wildman–Crippen MR) is 104 cm³/mol. The lowest BCUT2D eigenvalue weighted by Crippen LogP contribution is -2.48. The van der Waals surface area contributed by atoms with Gasteiger partial charge in [-0.3, -0.25) is 0 Å². The van der Waals surface area contributed by atoms with E-state index in [0.717, 1.165) is 25.1 Å². The molecule has 0 fully saturated rings. The van der Waals surface area contributed by atoms with Gasteiger partial charge in [-0.15, -0.1) is 0 Å². The minimum atomic E-state index is -0.977. The molecule has 148 valence electrons. The van der Waals surface area contributed by atoms with Gasteiger partial charge in [0.2, 0.25) is 0 Å². The molecule has 0 spiro atoms. The quantitative estimate of drug-likeness (QED) is 0.564. The molecule has 1 N–H and O–H groups in total. The molecule has 0 bridgehead atoms. The highest BCUT2D eigenvalue weighted by Crippen LogP contribution is 2.32. The number of hydrogen-bond donors (Lipinski definition) is 1. The number of benzene rings is 1. The Morgan fingerprint density at radius 3 is 2.63 bits per heavy atom. The Bertz CT molecular complexity index is 752. The normalized spacial score (nSPS) is 17.4. The van der Waals surface area contributed by atoms with Gasteiger partial charge in [-0.25, -0.2) is 13.6 Å². The first kappa shape index (κ1) is 21.2. The van der Waals surface area contributed by atoms with E-state index in [1.807, 2.05) is 19.0 Å². The average Bonchev–Trinajstić information content (AvgIpc) is 2.59. The molecular weight excluding hydrogens is 372 g/mol. The number of carbonyl (C=O) groups is 1. The maximum absolute atomic E-state index is 13.7. The van der Waals surface area contributed by atoms with Crippen molar-refractivity contribution in [3.63, 3.8) is 0 Å². The topological polar surface area (TPSA) is 44.8 Å². The first-order valence-corrected chi connectivity index (χ1v) is 9.22. The summed E-state index contributed by atoms with van der Waals surface area (Å²) < 4.78 is 32.3. The Labute approximate surface area is 164 Å². The Kier molecular flexibility index (Phi) is 7.26. The Hall–Kier alpha value is -2.06. The van der Waals surface area contributed by atoms with Crippen molar-refractivity contribution in [2.45, 2.75) is 26.3 Å². The van der Waals surface area contributed by atoms with Crippen LogP contribution in [0.3, 0.4) is 0 Å². The monoisotopic (exact) mass is 397 g/mol. The zero-order valence-corrected chi connectivity index (χ0v) is 16.8. The number of allylic oxidation sites excluding steroid dienone is 1. The number of nitrogens with zero attached hydrogens (tertiary/aromatic N) is 2.